The third kappa shape index (κ3) is 2.64. The minimum atomic E-state index is -3.19. The number of hydrogen-bond acceptors (Lipinski definition) is 4. The topological polar surface area (TPSA) is 80.3 Å². The molecule has 0 aromatic heterocycles. The van der Waals surface area contributed by atoms with Gasteiger partial charge in [0, 0.05) is 16.3 Å². The lowest BCUT2D eigenvalue weighted by molar-refractivity contribution is -0.139. The van der Waals surface area contributed by atoms with Gasteiger partial charge in [-0.3, -0.25) is 14.9 Å². The number of imide groups is 1. The van der Waals surface area contributed by atoms with E-state index in [1.807, 2.05) is 12.1 Å². The van der Waals surface area contributed by atoms with Crippen LogP contribution in [0, 0.1) is 5.41 Å². The number of nitrogens with one attached hydrogen (secondary N) is 1. The first-order chi connectivity index (χ1) is 9.81. The van der Waals surface area contributed by atoms with Gasteiger partial charge in [0.1, 0.15) is 0 Å². The molecule has 0 radical (unpaired) electrons. The molecule has 1 N–H and O–H groups in total. The molecule has 2 fully saturated rings. The standard InChI is InChI=1S/C14H14BrNO4S/c15-10-3-1-9(2-4-10)12-13(18)16-11(17)7-14(12)5-6-21(19,20)8-14/h1-4,12H,5-8H2,(H,16,17,18). The summed E-state index contributed by atoms with van der Waals surface area (Å²) in [7, 11) is -3.19. The van der Waals surface area contributed by atoms with Crippen molar-refractivity contribution in [2.45, 2.75) is 18.8 Å². The van der Waals surface area contributed by atoms with Gasteiger partial charge in [0.25, 0.3) is 0 Å². The first-order valence-corrected chi connectivity index (χ1v) is 9.22. The number of carbonyl (C=O) groups excluding carboxylic acids is 2. The van der Waals surface area contributed by atoms with Gasteiger partial charge in [0.2, 0.25) is 11.8 Å². The Morgan fingerprint density at radius 1 is 1.19 bits per heavy atom. The van der Waals surface area contributed by atoms with E-state index in [1.165, 1.54) is 0 Å². The second-order valence-corrected chi connectivity index (χ2v) is 8.88. The van der Waals surface area contributed by atoms with Crippen molar-refractivity contribution in [3.05, 3.63) is 34.3 Å². The molecule has 2 aliphatic heterocycles. The van der Waals surface area contributed by atoms with Crippen molar-refractivity contribution in [1.29, 1.82) is 0 Å². The summed E-state index contributed by atoms with van der Waals surface area (Å²) in [6, 6.07) is 7.24. The van der Waals surface area contributed by atoms with Crippen LogP contribution in [-0.4, -0.2) is 31.7 Å². The maximum absolute atomic E-state index is 12.3. The fourth-order valence-corrected chi connectivity index (χ4v) is 5.84. The van der Waals surface area contributed by atoms with Gasteiger partial charge >= 0.3 is 0 Å². The first kappa shape index (κ1) is 14.7. The number of benzene rings is 1. The van der Waals surface area contributed by atoms with Gasteiger partial charge in [0.15, 0.2) is 9.84 Å². The molecule has 2 heterocycles. The van der Waals surface area contributed by atoms with Gasteiger partial charge in [0.05, 0.1) is 17.4 Å². The van der Waals surface area contributed by atoms with Gasteiger partial charge in [-0.2, -0.15) is 0 Å². The summed E-state index contributed by atoms with van der Waals surface area (Å²) < 4.78 is 24.7. The number of amides is 2. The zero-order valence-electron chi connectivity index (χ0n) is 11.1. The Kier molecular flexibility index (Phi) is 3.44. The lowest BCUT2D eigenvalue weighted by Gasteiger charge is -2.38. The molecule has 112 valence electrons. The summed E-state index contributed by atoms with van der Waals surface area (Å²) in [5, 5.41) is 2.34. The Balaban J connectivity index is 2.08. The van der Waals surface area contributed by atoms with Crippen molar-refractivity contribution >= 4 is 37.6 Å². The van der Waals surface area contributed by atoms with Gasteiger partial charge in [-0.25, -0.2) is 8.42 Å². The van der Waals surface area contributed by atoms with Crippen LogP contribution in [-0.2, 0) is 19.4 Å². The SMILES string of the molecule is O=C1CC2(CCS(=O)(=O)C2)C(c2ccc(Br)cc2)C(=O)N1. The Morgan fingerprint density at radius 2 is 1.86 bits per heavy atom. The van der Waals surface area contributed by atoms with Crippen molar-refractivity contribution < 1.29 is 18.0 Å². The summed E-state index contributed by atoms with van der Waals surface area (Å²) in [4.78, 5) is 24.1. The Labute approximate surface area is 131 Å². The van der Waals surface area contributed by atoms with Gasteiger partial charge in [-0.1, -0.05) is 28.1 Å². The molecule has 2 amide bonds. The predicted molar refractivity (Wildman–Crippen MR) is 80.4 cm³/mol. The summed E-state index contributed by atoms with van der Waals surface area (Å²) in [6.45, 7) is 0. The molecule has 2 unspecified atom stereocenters. The van der Waals surface area contributed by atoms with Crippen LogP contribution < -0.4 is 5.32 Å². The number of piperidine rings is 1. The van der Waals surface area contributed by atoms with E-state index in [4.69, 9.17) is 0 Å². The fraction of sp³-hybridized carbons (Fsp3) is 0.429. The van der Waals surface area contributed by atoms with E-state index < -0.39 is 27.1 Å². The van der Waals surface area contributed by atoms with Crippen LogP contribution in [0.3, 0.4) is 0 Å². The van der Waals surface area contributed by atoms with Crippen LogP contribution in [0.4, 0.5) is 0 Å². The van der Waals surface area contributed by atoms with Crippen molar-refractivity contribution in [2.24, 2.45) is 5.41 Å². The first-order valence-electron chi connectivity index (χ1n) is 6.61. The van der Waals surface area contributed by atoms with E-state index in [0.717, 1.165) is 10.0 Å². The molecule has 0 aliphatic carbocycles. The molecule has 1 aromatic rings. The Bertz CT molecular complexity index is 713. The molecule has 1 aromatic carbocycles. The molecular weight excluding hydrogens is 358 g/mol. The van der Waals surface area contributed by atoms with Crippen LogP contribution in [0.25, 0.3) is 0 Å². The third-order valence-corrected chi connectivity index (χ3v) is 6.64. The maximum atomic E-state index is 12.3. The molecule has 21 heavy (non-hydrogen) atoms. The molecule has 0 bridgehead atoms. The summed E-state index contributed by atoms with van der Waals surface area (Å²) in [5.74, 6) is -1.43. The molecule has 2 saturated heterocycles. The normalized spacial score (nSPS) is 31.4. The molecule has 7 heteroatoms. The quantitative estimate of drug-likeness (QED) is 0.756. The van der Waals surface area contributed by atoms with Gasteiger partial charge in [-0.05, 0) is 24.1 Å². The van der Waals surface area contributed by atoms with Gasteiger partial charge in [-0.15, -0.1) is 0 Å². The largest absolute Gasteiger partial charge is 0.296 e. The second kappa shape index (κ2) is 4.91. The molecule has 1 spiro atoms. The molecule has 2 aliphatic rings. The summed E-state index contributed by atoms with van der Waals surface area (Å²) in [5.41, 5.74) is -0.0492. The monoisotopic (exact) mass is 371 g/mol. The van der Waals surface area contributed by atoms with Crippen LogP contribution in [0.15, 0.2) is 28.7 Å². The fourth-order valence-electron chi connectivity index (χ4n) is 3.42. The van der Waals surface area contributed by atoms with Crippen molar-refractivity contribution in [3.8, 4) is 0 Å². The lowest BCUT2D eigenvalue weighted by atomic mass is 9.67. The highest BCUT2D eigenvalue weighted by Gasteiger charge is 2.54. The lowest BCUT2D eigenvalue weighted by Crippen LogP contribution is -2.51. The summed E-state index contributed by atoms with van der Waals surface area (Å²) >= 11 is 3.34. The average molecular weight is 372 g/mol. The number of sulfone groups is 1. The van der Waals surface area contributed by atoms with Gasteiger partial charge < -0.3 is 0 Å². The Hall–Kier alpha value is -1.21. The molecule has 0 saturated carbocycles. The number of rotatable bonds is 1. The van der Waals surface area contributed by atoms with E-state index in [-0.39, 0.29) is 23.8 Å². The molecule has 5 nitrogen and oxygen atoms in total. The average Bonchev–Trinajstić information content (AvgIpc) is 2.66. The van der Waals surface area contributed by atoms with E-state index >= 15 is 0 Å². The van der Waals surface area contributed by atoms with Crippen LogP contribution >= 0.6 is 15.9 Å². The van der Waals surface area contributed by atoms with Crippen molar-refractivity contribution in [3.63, 3.8) is 0 Å². The number of halogens is 1. The minimum absolute atomic E-state index is 0.0423. The second-order valence-electron chi connectivity index (χ2n) is 5.78. The zero-order valence-corrected chi connectivity index (χ0v) is 13.5. The number of carbonyl (C=O) groups is 2. The molecule has 3 rings (SSSR count). The maximum Gasteiger partial charge on any atom is 0.234 e. The van der Waals surface area contributed by atoms with Crippen molar-refractivity contribution in [2.75, 3.05) is 11.5 Å². The van der Waals surface area contributed by atoms with Crippen LogP contribution in [0.5, 0.6) is 0 Å². The highest BCUT2D eigenvalue weighted by molar-refractivity contribution is 9.10. The minimum Gasteiger partial charge on any atom is -0.296 e. The van der Waals surface area contributed by atoms with Crippen LogP contribution in [0.2, 0.25) is 0 Å². The highest BCUT2D eigenvalue weighted by Crippen LogP contribution is 2.49. The van der Waals surface area contributed by atoms with Crippen LogP contribution in [0.1, 0.15) is 24.3 Å². The predicted octanol–water partition coefficient (Wildman–Crippen LogP) is 1.38. The number of hydrogen-bond donors (Lipinski definition) is 1. The molecule has 2 atom stereocenters. The van der Waals surface area contributed by atoms with E-state index in [0.29, 0.717) is 6.42 Å². The summed E-state index contributed by atoms with van der Waals surface area (Å²) in [6.07, 6.45) is 0.438. The molecular formula is C14H14BrNO4S. The van der Waals surface area contributed by atoms with Crippen molar-refractivity contribution in [1.82, 2.24) is 5.32 Å². The third-order valence-electron chi connectivity index (χ3n) is 4.27. The zero-order chi connectivity index (χ0) is 15.3. The smallest absolute Gasteiger partial charge is 0.234 e. The van der Waals surface area contributed by atoms with E-state index in [1.54, 1.807) is 12.1 Å². The highest BCUT2D eigenvalue weighted by atomic mass is 79.9. The van der Waals surface area contributed by atoms with E-state index in [2.05, 4.69) is 21.2 Å². The Morgan fingerprint density at radius 3 is 2.43 bits per heavy atom. The van der Waals surface area contributed by atoms with E-state index in [9.17, 15) is 18.0 Å².